The topological polar surface area (TPSA) is 45.7 Å². The highest BCUT2D eigenvalue weighted by Gasteiger charge is 2.34. The number of nitrogens with zero attached hydrogens (tertiary/aromatic N) is 1. The molecule has 2 aromatic rings. The molecule has 2 heterocycles. The largest absolute Gasteiger partial charge is 0.381 e. The van der Waals surface area contributed by atoms with Gasteiger partial charge in [0, 0.05) is 36.6 Å². The highest BCUT2D eigenvalue weighted by atomic mass is 127. The predicted molar refractivity (Wildman–Crippen MR) is 121 cm³/mol. The average Bonchev–Trinajstić information content (AvgIpc) is 3.19. The Bertz CT molecular complexity index is 701. The van der Waals surface area contributed by atoms with Crippen molar-refractivity contribution in [2.24, 2.45) is 4.99 Å². The zero-order chi connectivity index (χ0) is 18.2. The van der Waals surface area contributed by atoms with E-state index >= 15 is 0 Å². The molecule has 0 radical (unpaired) electrons. The molecule has 0 unspecified atom stereocenters. The SMILES string of the molecule is CCNC(=NCc1cccs1)NCC1(c2ccc(F)cc2)CCOCC1.I. The van der Waals surface area contributed by atoms with E-state index in [1.165, 1.54) is 4.88 Å². The molecular weight excluding hydrogens is 476 g/mol. The number of benzene rings is 1. The molecule has 1 saturated heterocycles. The van der Waals surface area contributed by atoms with Crippen molar-refractivity contribution in [3.8, 4) is 0 Å². The van der Waals surface area contributed by atoms with Crippen LogP contribution in [0.5, 0.6) is 0 Å². The summed E-state index contributed by atoms with van der Waals surface area (Å²) in [4.78, 5) is 5.93. The van der Waals surface area contributed by atoms with Gasteiger partial charge in [-0.15, -0.1) is 35.3 Å². The lowest BCUT2D eigenvalue weighted by molar-refractivity contribution is 0.0513. The molecule has 27 heavy (non-hydrogen) atoms. The molecule has 2 N–H and O–H groups in total. The van der Waals surface area contributed by atoms with Gasteiger partial charge in [-0.05, 0) is 48.9 Å². The van der Waals surface area contributed by atoms with Gasteiger partial charge in [-0.2, -0.15) is 0 Å². The van der Waals surface area contributed by atoms with Crippen LogP contribution in [0.2, 0.25) is 0 Å². The van der Waals surface area contributed by atoms with E-state index in [2.05, 4.69) is 29.0 Å². The summed E-state index contributed by atoms with van der Waals surface area (Å²) >= 11 is 1.71. The molecule has 0 saturated carbocycles. The Balaban J connectivity index is 0.00000261. The van der Waals surface area contributed by atoms with Crippen molar-refractivity contribution >= 4 is 41.3 Å². The summed E-state index contributed by atoms with van der Waals surface area (Å²) in [5.41, 5.74) is 1.09. The van der Waals surface area contributed by atoms with Crippen LogP contribution in [0.1, 0.15) is 30.2 Å². The van der Waals surface area contributed by atoms with Crippen LogP contribution in [0.25, 0.3) is 0 Å². The summed E-state index contributed by atoms with van der Waals surface area (Å²) in [6, 6.07) is 11.0. The first kappa shape index (κ1) is 22.1. The van der Waals surface area contributed by atoms with E-state index in [1.807, 2.05) is 18.2 Å². The molecule has 1 aromatic carbocycles. The molecule has 1 aliphatic rings. The molecule has 3 rings (SSSR count). The van der Waals surface area contributed by atoms with E-state index in [9.17, 15) is 4.39 Å². The Morgan fingerprint density at radius 3 is 2.56 bits per heavy atom. The van der Waals surface area contributed by atoms with E-state index in [4.69, 9.17) is 9.73 Å². The monoisotopic (exact) mass is 503 g/mol. The lowest BCUT2D eigenvalue weighted by Crippen LogP contribution is -2.48. The molecule has 0 amide bonds. The van der Waals surface area contributed by atoms with Crippen LogP contribution in [0.4, 0.5) is 4.39 Å². The molecule has 0 bridgehead atoms. The summed E-state index contributed by atoms with van der Waals surface area (Å²) in [7, 11) is 0. The van der Waals surface area contributed by atoms with Gasteiger partial charge in [0.2, 0.25) is 0 Å². The molecule has 1 fully saturated rings. The maximum absolute atomic E-state index is 13.4. The number of hydrogen-bond acceptors (Lipinski definition) is 3. The molecule has 148 valence electrons. The Morgan fingerprint density at radius 1 is 1.19 bits per heavy atom. The van der Waals surface area contributed by atoms with Gasteiger partial charge in [-0.1, -0.05) is 18.2 Å². The second kappa shape index (κ2) is 11.0. The molecule has 0 aliphatic carbocycles. The highest BCUT2D eigenvalue weighted by molar-refractivity contribution is 14.0. The minimum atomic E-state index is -0.199. The molecule has 0 atom stereocenters. The Labute approximate surface area is 181 Å². The van der Waals surface area contributed by atoms with Crippen LogP contribution < -0.4 is 10.6 Å². The van der Waals surface area contributed by atoms with E-state index in [-0.39, 0.29) is 35.2 Å². The van der Waals surface area contributed by atoms with Crippen LogP contribution in [-0.2, 0) is 16.7 Å². The molecule has 7 heteroatoms. The average molecular weight is 503 g/mol. The molecule has 4 nitrogen and oxygen atoms in total. The second-order valence-corrected chi connectivity index (χ2v) is 7.56. The smallest absolute Gasteiger partial charge is 0.191 e. The van der Waals surface area contributed by atoms with E-state index in [0.29, 0.717) is 6.54 Å². The van der Waals surface area contributed by atoms with Crippen molar-refractivity contribution in [2.45, 2.75) is 31.7 Å². The summed E-state index contributed by atoms with van der Waals surface area (Å²) in [5, 5.41) is 8.88. The fraction of sp³-hybridized carbons (Fsp3) is 0.450. The first-order valence-electron chi connectivity index (χ1n) is 9.10. The van der Waals surface area contributed by atoms with Crippen molar-refractivity contribution < 1.29 is 9.13 Å². The van der Waals surface area contributed by atoms with Gasteiger partial charge < -0.3 is 15.4 Å². The second-order valence-electron chi connectivity index (χ2n) is 6.53. The van der Waals surface area contributed by atoms with Crippen LogP contribution >= 0.6 is 35.3 Å². The van der Waals surface area contributed by atoms with Crippen LogP contribution in [0.3, 0.4) is 0 Å². The summed E-state index contributed by atoms with van der Waals surface area (Å²) in [6.45, 7) is 5.73. The minimum Gasteiger partial charge on any atom is -0.381 e. The zero-order valence-electron chi connectivity index (χ0n) is 15.5. The number of ether oxygens (including phenoxy) is 1. The predicted octanol–water partition coefficient (Wildman–Crippen LogP) is 4.31. The summed E-state index contributed by atoms with van der Waals surface area (Å²) in [6.07, 6.45) is 1.83. The van der Waals surface area contributed by atoms with Crippen LogP contribution in [0, 0.1) is 5.82 Å². The van der Waals surface area contributed by atoms with Crippen LogP contribution in [0.15, 0.2) is 46.8 Å². The third-order valence-electron chi connectivity index (χ3n) is 4.82. The quantitative estimate of drug-likeness (QED) is 0.351. The molecule has 0 spiro atoms. The number of nitrogens with one attached hydrogen (secondary N) is 2. The number of hydrogen-bond donors (Lipinski definition) is 2. The van der Waals surface area contributed by atoms with Gasteiger partial charge in [-0.3, -0.25) is 0 Å². The van der Waals surface area contributed by atoms with Gasteiger partial charge in [0.1, 0.15) is 5.82 Å². The number of thiophene rings is 1. The van der Waals surface area contributed by atoms with Gasteiger partial charge in [0.15, 0.2) is 5.96 Å². The first-order valence-corrected chi connectivity index (χ1v) is 9.98. The number of guanidine groups is 1. The first-order chi connectivity index (χ1) is 12.7. The highest BCUT2D eigenvalue weighted by Crippen LogP contribution is 2.34. The third-order valence-corrected chi connectivity index (χ3v) is 5.68. The number of halogens is 2. The fourth-order valence-electron chi connectivity index (χ4n) is 3.29. The maximum atomic E-state index is 13.4. The van der Waals surface area contributed by atoms with Crippen molar-refractivity contribution in [2.75, 3.05) is 26.3 Å². The van der Waals surface area contributed by atoms with Crippen LogP contribution in [-0.4, -0.2) is 32.3 Å². The lowest BCUT2D eigenvalue weighted by atomic mass is 9.74. The van der Waals surface area contributed by atoms with Crippen molar-refractivity contribution in [1.82, 2.24) is 10.6 Å². The number of aliphatic imine (C=N–C) groups is 1. The van der Waals surface area contributed by atoms with Crippen molar-refractivity contribution in [3.63, 3.8) is 0 Å². The summed E-state index contributed by atoms with van der Waals surface area (Å²) in [5.74, 6) is 0.614. The maximum Gasteiger partial charge on any atom is 0.191 e. The van der Waals surface area contributed by atoms with Gasteiger partial charge >= 0.3 is 0 Å². The van der Waals surface area contributed by atoms with E-state index in [0.717, 1.165) is 50.7 Å². The fourth-order valence-corrected chi connectivity index (χ4v) is 3.92. The van der Waals surface area contributed by atoms with Gasteiger partial charge in [0.05, 0.1) is 6.54 Å². The molecule has 1 aliphatic heterocycles. The van der Waals surface area contributed by atoms with Crippen molar-refractivity contribution in [3.05, 3.63) is 58.0 Å². The third kappa shape index (κ3) is 6.15. The standard InChI is InChI=1S/C20H26FN3OS.HI/c1-2-22-19(23-14-18-4-3-13-26-18)24-15-20(9-11-25-12-10-20)16-5-7-17(21)8-6-16;/h3-8,13H,2,9-12,14-15H2,1H3,(H2,22,23,24);1H. The Hall–Kier alpha value is -1.19. The van der Waals surface area contributed by atoms with Gasteiger partial charge in [0.25, 0.3) is 0 Å². The summed E-state index contributed by atoms with van der Waals surface area (Å²) < 4.78 is 18.9. The Kier molecular flexibility index (Phi) is 8.98. The van der Waals surface area contributed by atoms with Gasteiger partial charge in [-0.25, -0.2) is 9.38 Å². The zero-order valence-corrected chi connectivity index (χ0v) is 18.7. The number of rotatable bonds is 6. The normalized spacial score (nSPS) is 16.4. The lowest BCUT2D eigenvalue weighted by Gasteiger charge is -2.38. The van der Waals surface area contributed by atoms with Crippen molar-refractivity contribution in [1.29, 1.82) is 0 Å². The van der Waals surface area contributed by atoms with E-state index < -0.39 is 0 Å². The minimum absolute atomic E-state index is 0. The van der Waals surface area contributed by atoms with E-state index in [1.54, 1.807) is 23.5 Å². The molecule has 1 aromatic heterocycles. The molecular formula is C20H27FIN3OS. The Morgan fingerprint density at radius 2 is 1.93 bits per heavy atom.